The fraction of sp³-hybridized carbons (Fsp3) is 0.471. The van der Waals surface area contributed by atoms with Crippen molar-refractivity contribution in [3.8, 4) is 0 Å². The molecule has 1 amide bonds. The third kappa shape index (κ3) is 3.10. The molecule has 0 radical (unpaired) electrons. The van der Waals surface area contributed by atoms with E-state index in [4.69, 9.17) is 5.73 Å². The number of carbonyl (C=O) groups excluding carboxylic acids is 1. The van der Waals surface area contributed by atoms with E-state index in [0.29, 0.717) is 12.1 Å². The van der Waals surface area contributed by atoms with Gasteiger partial charge in [-0.05, 0) is 50.1 Å². The van der Waals surface area contributed by atoms with E-state index >= 15 is 0 Å². The molecule has 2 bridgehead atoms. The standard InChI is InChI=1S/C17H23N3O/c1-19-15-7-8-16(19)12-20(11-10-15)17(21)9-4-13-2-5-14(18)6-3-13/h2-6,9,15-16H,7-8,10-12,18H2,1H3/b9-4+. The molecule has 4 heteroatoms. The summed E-state index contributed by atoms with van der Waals surface area (Å²) >= 11 is 0. The lowest BCUT2D eigenvalue weighted by Crippen LogP contribution is -2.39. The number of nitrogens with zero attached hydrogens (tertiary/aromatic N) is 2. The van der Waals surface area contributed by atoms with E-state index < -0.39 is 0 Å². The number of nitrogen functional groups attached to an aromatic ring is 1. The van der Waals surface area contributed by atoms with Crippen LogP contribution in [0.1, 0.15) is 24.8 Å². The number of fused-ring (bicyclic) bond motifs is 2. The fourth-order valence-electron chi connectivity index (χ4n) is 3.39. The molecule has 0 aliphatic carbocycles. The molecule has 0 aromatic heterocycles. The van der Waals surface area contributed by atoms with Gasteiger partial charge in [-0.2, -0.15) is 0 Å². The number of likely N-dealkylation sites (N-methyl/N-ethyl adjacent to an activating group) is 1. The van der Waals surface area contributed by atoms with Crippen LogP contribution >= 0.6 is 0 Å². The second kappa shape index (κ2) is 5.90. The number of hydrogen-bond donors (Lipinski definition) is 1. The molecular weight excluding hydrogens is 262 g/mol. The van der Waals surface area contributed by atoms with Crippen molar-refractivity contribution in [2.75, 3.05) is 25.9 Å². The smallest absolute Gasteiger partial charge is 0.246 e. The zero-order valence-electron chi connectivity index (χ0n) is 12.5. The molecule has 2 aliphatic heterocycles. The monoisotopic (exact) mass is 285 g/mol. The molecule has 0 saturated carbocycles. The van der Waals surface area contributed by atoms with E-state index in [1.165, 1.54) is 12.8 Å². The number of amides is 1. The lowest BCUT2D eigenvalue weighted by Gasteiger charge is -2.24. The molecule has 2 heterocycles. The number of rotatable bonds is 2. The van der Waals surface area contributed by atoms with Gasteiger partial charge in [0.05, 0.1) is 0 Å². The Balaban J connectivity index is 1.64. The quantitative estimate of drug-likeness (QED) is 0.668. The van der Waals surface area contributed by atoms with Gasteiger partial charge in [0.25, 0.3) is 0 Å². The van der Waals surface area contributed by atoms with Crippen molar-refractivity contribution >= 4 is 17.7 Å². The lowest BCUT2D eigenvalue weighted by molar-refractivity contribution is -0.126. The minimum Gasteiger partial charge on any atom is -0.399 e. The summed E-state index contributed by atoms with van der Waals surface area (Å²) in [4.78, 5) is 16.8. The molecule has 2 atom stereocenters. The molecule has 1 aromatic rings. The normalized spacial score (nSPS) is 26.2. The molecule has 1 aromatic carbocycles. The minimum atomic E-state index is 0.118. The zero-order valence-corrected chi connectivity index (χ0v) is 12.5. The largest absolute Gasteiger partial charge is 0.399 e. The maximum Gasteiger partial charge on any atom is 0.246 e. The van der Waals surface area contributed by atoms with Crippen molar-refractivity contribution in [2.24, 2.45) is 0 Å². The van der Waals surface area contributed by atoms with E-state index in [-0.39, 0.29) is 5.91 Å². The highest BCUT2D eigenvalue weighted by atomic mass is 16.2. The first kappa shape index (κ1) is 14.1. The van der Waals surface area contributed by atoms with Gasteiger partial charge in [-0.15, -0.1) is 0 Å². The Morgan fingerprint density at radius 2 is 1.90 bits per heavy atom. The van der Waals surface area contributed by atoms with Gasteiger partial charge in [0.2, 0.25) is 5.91 Å². The summed E-state index contributed by atoms with van der Waals surface area (Å²) in [7, 11) is 2.19. The van der Waals surface area contributed by atoms with Crippen LogP contribution in [0, 0.1) is 0 Å². The van der Waals surface area contributed by atoms with Gasteiger partial charge in [0, 0.05) is 36.9 Å². The molecule has 21 heavy (non-hydrogen) atoms. The summed E-state index contributed by atoms with van der Waals surface area (Å²) in [6.45, 7) is 1.73. The van der Waals surface area contributed by atoms with Gasteiger partial charge >= 0.3 is 0 Å². The van der Waals surface area contributed by atoms with E-state index in [2.05, 4.69) is 11.9 Å². The Morgan fingerprint density at radius 1 is 1.19 bits per heavy atom. The van der Waals surface area contributed by atoms with Gasteiger partial charge in [-0.1, -0.05) is 12.1 Å². The van der Waals surface area contributed by atoms with Gasteiger partial charge in [0.15, 0.2) is 0 Å². The SMILES string of the molecule is CN1C2CCC1CN(C(=O)/C=C/c1ccc(N)cc1)CC2. The van der Waals surface area contributed by atoms with Crippen LogP contribution in [0.15, 0.2) is 30.3 Å². The number of anilines is 1. The van der Waals surface area contributed by atoms with Crippen LogP contribution in [0.25, 0.3) is 6.08 Å². The van der Waals surface area contributed by atoms with Crippen molar-refractivity contribution < 1.29 is 4.79 Å². The number of benzene rings is 1. The molecule has 2 N–H and O–H groups in total. The second-order valence-electron chi connectivity index (χ2n) is 6.12. The minimum absolute atomic E-state index is 0.118. The van der Waals surface area contributed by atoms with Gasteiger partial charge in [-0.25, -0.2) is 0 Å². The lowest BCUT2D eigenvalue weighted by atomic mass is 10.1. The molecule has 2 aliphatic rings. The van der Waals surface area contributed by atoms with Crippen molar-refractivity contribution in [3.05, 3.63) is 35.9 Å². The highest BCUT2D eigenvalue weighted by Crippen LogP contribution is 2.28. The summed E-state index contributed by atoms with van der Waals surface area (Å²) in [6.07, 6.45) is 7.14. The summed E-state index contributed by atoms with van der Waals surface area (Å²) in [5.74, 6) is 0.118. The van der Waals surface area contributed by atoms with Crippen LogP contribution in [-0.4, -0.2) is 47.9 Å². The van der Waals surface area contributed by atoms with E-state index in [0.717, 1.165) is 30.8 Å². The van der Waals surface area contributed by atoms with Gasteiger partial charge in [0.1, 0.15) is 0 Å². The molecule has 4 nitrogen and oxygen atoms in total. The number of hydrogen-bond acceptors (Lipinski definition) is 3. The van der Waals surface area contributed by atoms with Crippen LogP contribution in [0.4, 0.5) is 5.69 Å². The highest BCUT2D eigenvalue weighted by Gasteiger charge is 2.35. The Labute approximate surface area is 126 Å². The third-order valence-electron chi connectivity index (χ3n) is 4.81. The Kier molecular flexibility index (Phi) is 3.97. The molecule has 3 rings (SSSR count). The Hall–Kier alpha value is -1.81. The maximum absolute atomic E-state index is 12.4. The summed E-state index contributed by atoms with van der Waals surface area (Å²) in [5.41, 5.74) is 7.41. The highest BCUT2D eigenvalue weighted by molar-refractivity contribution is 5.91. The third-order valence-corrected chi connectivity index (χ3v) is 4.81. The zero-order chi connectivity index (χ0) is 14.8. The fourth-order valence-corrected chi connectivity index (χ4v) is 3.39. The Bertz CT molecular complexity index is 537. The summed E-state index contributed by atoms with van der Waals surface area (Å²) < 4.78 is 0. The summed E-state index contributed by atoms with van der Waals surface area (Å²) in [5, 5.41) is 0. The first-order chi connectivity index (χ1) is 10.1. The molecule has 0 spiro atoms. The predicted octanol–water partition coefficient (Wildman–Crippen LogP) is 1.98. The van der Waals surface area contributed by atoms with Crippen LogP contribution in [-0.2, 0) is 4.79 Å². The number of nitrogens with two attached hydrogens (primary N) is 1. The first-order valence-electron chi connectivity index (χ1n) is 7.68. The van der Waals surface area contributed by atoms with E-state index in [9.17, 15) is 4.79 Å². The topological polar surface area (TPSA) is 49.6 Å². The molecular formula is C17H23N3O. The maximum atomic E-state index is 12.4. The van der Waals surface area contributed by atoms with E-state index in [1.54, 1.807) is 6.08 Å². The van der Waals surface area contributed by atoms with Crippen molar-refractivity contribution in [2.45, 2.75) is 31.3 Å². The van der Waals surface area contributed by atoms with Gasteiger partial charge in [-0.3, -0.25) is 9.69 Å². The van der Waals surface area contributed by atoms with Crippen LogP contribution < -0.4 is 5.73 Å². The molecule has 2 fully saturated rings. The average molecular weight is 285 g/mol. The van der Waals surface area contributed by atoms with Crippen LogP contribution in [0.2, 0.25) is 0 Å². The van der Waals surface area contributed by atoms with E-state index in [1.807, 2.05) is 35.2 Å². The average Bonchev–Trinajstić information content (AvgIpc) is 2.71. The van der Waals surface area contributed by atoms with Crippen LogP contribution in [0.3, 0.4) is 0 Å². The van der Waals surface area contributed by atoms with Gasteiger partial charge < -0.3 is 10.6 Å². The molecule has 2 unspecified atom stereocenters. The summed E-state index contributed by atoms with van der Waals surface area (Å²) in [6, 6.07) is 8.75. The molecule has 2 saturated heterocycles. The van der Waals surface area contributed by atoms with Crippen molar-refractivity contribution in [1.29, 1.82) is 0 Å². The Morgan fingerprint density at radius 3 is 2.67 bits per heavy atom. The second-order valence-corrected chi connectivity index (χ2v) is 6.12. The van der Waals surface area contributed by atoms with Crippen molar-refractivity contribution in [3.63, 3.8) is 0 Å². The molecule has 112 valence electrons. The predicted molar refractivity (Wildman–Crippen MR) is 85.7 cm³/mol. The van der Waals surface area contributed by atoms with Crippen LogP contribution in [0.5, 0.6) is 0 Å². The number of carbonyl (C=O) groups is 1. The van der Waals surface area contributed by atoms with Crippen molar-refractivity contribution in [1.82, 2.24) is 9.80 Å². The number of likely N-dealkylation sites (tertiary alicyclic amines) is 1. The first-order valence-corrected chi connectivity index (χ1v) is 7.68.